The Morgan fingerprint density at radius 3 is 1.46 bits per heavy atom. The third-order valence-corrected chi connectivity index (χ3v) is 3.57. The van der Waals surface area contributed by atoms with Crippen molar-refractivity contribution in [3.05, 3.63) is 71.8 Å². The molecule has 0 aliphatic rings. The first-order valence-electron chi connectivity index (χ1n) is 7.64. The average molecular weight is 342 g/mol. The van der Waals surface area contributed by atoms with E-state index in [1.165, 1.54) is 0 Å². The normalized spacial score (nSPS) is 9.77. The van der Waals surface area contributed by atoms with Crippen LogP contribution in [0, 0.1) is 22.7 Å². The summed E-state index contributed by atoms with van der Waals surface area (Å²) in [5, 5.41) is 18.1. The molecule has 0 radical (unpaired) electrons. The smallest absolute Gasteiger partial charge is 0.131 e. The monoisotopic (exact) mass is 342 g/mol. The maximum atomic E-state index is 9.04. The largest absolute Gasteiger partial charge is 0.457 e. The highest BCUT2D eigenvalue weighted by atomic mass is 16.5. The molecule has 0 atom stereocenters. The molecule has 3 aromatic rings. The van der Waals surface area contributed by atoms with E-state index in [4.69, 9.17) is 31.5 Å². The fraction of sp³-hybridized carbons (Fsp3) is 0. The Hall–Kier alpha value is -4.16. The Kier molecular flexibility index (Phi) is 4.60. The van der Waals surface area contributed by atoms with Crippen LogP contribution in [0.5, 0.6) is 23.0 Å². The van der Waals surface area contributed by atoms with Crippen molar-refractivity contribution in [3.63, 3.8) is 0 Å². The van der Waals surface area contributed by atoms with Crippen LogP contribution in [-0.2, 0) is 0 Å². The van der Waals surface area contributed by atoms with Gasteiger partial charge in [0.05, 0.1) is 11.1 Å². The second-order valence-corrected chi connectivity index (χ2v) is 5.40. The predicted octanol–water partition coefficient (Wildman–Crippen LogP) is 4.18. The maximum absolute atomic E-state index is 9.04. The van der Waals surface area contributed by atoms with Crippen molar-refractivity contribution >= 4 is 11.4 Å². The van der Waals surface area contributed by atoms with Gasteiger partial charge in [0.15, 0.2) is 0 Å². The number of nitrogens with two attached hydrogens (primary N) is 2. The zero-order valence-corrected chi connectivity index (χ0v) is 13.6. The Morgan fingerprint density at radius 1 is 0.615 bits per heavy atom. The SMILES string of the molecule is N#Cc1cc(Oc2cccc(Oc3ccc(N)c(C#N)c3)c2)ccc1N. The molecular formula is C20H14N4O2. The standard InChI is InChI=1S/C20H14N4O2/c21-11-13-8-17(4-6-19(13)23)25-15-2-1-3-16(10-15)26-18-5-7-20(24)14(9-18)12-22/h1-10H,23-24H2. The zero-order valence-electron chi connectivity index (χ0n) is 13.6. The van der Waals surface area contributed by atoms with Gasteiger partial charge in [-0.2, -0.15) is 10.5 Å². The van der Waals surface area contributed by atoms with Crippen molar-refractivity contribution < 1.29 is 9.47 Å². The van der Waals surface area contributed by atoms with Gasteiger partial charge in [0.1, 0.15) is 35.1 Å². The van der Waals surface area contributed by atoms with Crippen molar-refractivity contribution in [1.29, 1.82) is 10.5 Å². The van der Waals surface area contributed by atoms with Crippen LogP contribution in [0.1, 0.15) is 11.1 Å². The minimum Gasteiger partial charge on any atom is -0.457 e. The van der Waals surface area contributed by atoms with Crippen LogP contribution in [0.4, 0.5) is 11.4 Å². The summed E-state index contributed by atoms with van der Waals surface area (Å²) >= 11 is 0. The lowest BCUT2D eigenvalue weighted by Crippen LogP contribution is -1.93. The van der Waals surface area contributed by atoms with Gasteiger partial charge in [-0.1, -0.05) is 6.07 Å². The lowest BCUT2D eigenvalue weighted by Gasteiger charge is -2.10. The third-order valence-electron chi connectivity index (χ3n) is 3.57. The van der Waals surface area contributed by atoms with E-state index >= 15 is 0 Å². The van der Waals surface area contributed by atoms with E-state index in [0.29, 0.717) is 45.5 Å². The lowest BCUT2D eigenvalue weighted by atomic mass is 10.2. The van der Waals surface area contributed by atoms with Crippen molar-refractivity contribution in [2.45, 2.75) is 0 Å². The van der Waals surface area contributed by atoms with E-state index in [9.17, 15) is 0 Å². The number of hydrogen-bond acceptors (Lipinski definition) is 6. The van der Waals surface area contributed by atoms with E-state index in [0.717, 1.165) is 0 Å². The first-order valence-corrected chi connectivity index (χ1v) is 7.64. The van der Waals surface area contributed by atoms with Gasteiger partial charge >= 0.3 is 0 Å². The lowest BCUT2D eigenvalue weighted by molar-refractivity contribution is 0.460. The summed E-state index contributed by atoms with van der Waals surface area (Å²) in [6.45, 7) is 0. The topological polar surface area (TPSA) is 118 Å². The molecule has 0 bridgehead atoms. The summed E-state index contributed by atoms with van der Waals surface area (Å²) in [6, 6.07) is 20.8. The number of hydrogen-bond donors (Lipinski definition) is 2. The molecule has 0 unspecified atom stereocenters. The van der Waals surface area contributed by atoms with Crippen molar-refractivity contribution in [3.8, 4) is 35.1 Å². The number of nitrogens with zero attached hydrogens (tertiary/aromatic N) is 2. The van der Waals surface area contributed by atoms with Gasteiger partial charge in [0.25, 0.3) is 0 Å². The summed E-state index contributed by atoms with van der Waals surface area (Å²) in [6.07, 6.45) is 0. The number of nitrogen functional groups attached to an aromatic ring is 2. The molecule has 0 amide bonds. The Bertz CT molecular complexity index is 968. The minimum absolute atomic E-state index is 0.348. The van der Waals surface area contributed by atoms with Crippen LogP contribution in [0.2, 0.25) is 0 Å². The molecule has 3 aromatic carbocycles. The Morgan fingerprint density at radius 2 is 1.04 bits per heavy atom. The number of benzene rings is 3. The molecule has 0 spiro atoms. The number of ether oxygens (including phenoxy) is 2. The molecule has 4 N–H and O–H groups in total. The second kappa shape index (κ2) is 7.16. The minimum atomic E-state index is 0.348. The highest BCUT2D eigenvalue weighted by molar-refractivity contribution is 5.58. The molecule has 0 aromatic heterocycles. The number of anilines is 2. The quantitative estimate of drug-likeness (QED) is 0.687. The number of nitriles is 2. The van der Waals surface area contributed by atoms with Gasteiger partial charge in [-0.3, -0.25) is 0 Å². The zero-order chi connectivity index (χ0) is 18.5. The van der Waals surface area contributed by atoms with Crippen molar-refractivity contribution in [2.75, 3.05) is 11.5 Å². The van der Waals surface area contributed by atoms with Crippen LogP contribution >= 0.6 is 0 Å². The van der Waals surface area contributed by atoms with Gasteiger partial charge in [0, 0.05) is 29.6 Å². The van der Waals surface area contributed by atoms with Gasteiger partial charge in [-0.05, 0) is 36.4 Å². The molecule has 0 aliphatic heterocycles. The average Bonchev–Trinajstić information content (AvgIpc) is 2.65. The Balaban J connectivity index is 1.81. The summed E-state index contributed by atoms with van der Waals surface area (Å²) in [5.74, 6) is 2.05. The highest BCUT2D eigenvalue weighted by Gasteiger charge is 2.06. The van der Waals surface area contributed by atoms with Crippen molar-refractivity contribution in [1.82, 2.24) is 0 Å². The van der Waals surface area contributed by atoms with E-state index in [1.807, 2.05) is 12.1 Å². The highest BCUT2D eigenvalue weighted by Crippen LogP contribution is 2.30. The van der Waals surface area contributed by atoms with Crippen LogP contribution in [0.25, 0.3) is 0 Å². The maximum Gasteiger partial charge on any atom is 0.131 e. The molecule has 0 heterocycles. The molecule has 0 saturated heterocycles. The molecular weight excluding hydrogens is 328 g/mol. The summed E-state index contributed by atoms with van der Waals surface area (Å²) in [5.41, 5.74) is 12.9. The fourth-order valence-electron chi connectivity index (χ4n) is 2.26. The second-order valence-electron chi connectivity index (χ2n) is 5.40. The van der Waals surface area contributed by atoms with Crippen LogP contribution < -0.4 is 20.9 Å². The number of rotatable bonds is 4. The van der Waals surface area contributed by atoms with Gasteiger partial charge in [-0.15, -0.1) is 0 Å². The van der Waals surface area contributed by atoms with E-state index in [2.05, 4.69) is 0 Å². The summed E-state index contributed by atoms with van der Waals surface area (Å²) in [7, 11) is 0. The summed E-state index contributed by atoms with van der Waals surface area (Å²) < 4.78 is 11.5. The fourth-order valence-corrected chi connectivity index (χ4v) is 2.26. The van der Waals surface area contributed by atoms with Gasteiger partial charge < -0.3 is 20.9 Å². The van der Waals surface area contributed by atoms with E-state index < -0.39 is 0 Å². The molecule has 3 rings (SSSR count). The first kappa shape index (κ1) is 16.7. The molecule has 0 fully saturated rings. The van der Waals surface area contributed by atoms with E-state index in [1.54, 1.807) is 60.7 Å². The molecule has 126 valence electrons. The molecule has 26 heavy (non-hydrogen) atoms. The van der Waals surface area contributed by atoms with E-state index in [-0.39, 0.29) is 0 Å². The predicted molar refractivity (Wildman–Crippen MR) is 97.7 cm³/mol. The van der Waals surface area contributed by atoms with Crippen LogP contribution in [-0.4, -0.2) is 0 Å². The van der Waals surface area contributed by atoms with Gasteiger partial charge in [-0.25, -0.2) is 0 Å². The molecule has 0 saturated carbocycles. The van der Waals surface area contributed by atoms with Crippen LogP contribution in [0.15, 0.2) is 60.7 Å². The molecule has 6 nitrogen and oxygen atoms in total. The van der Waals surface area contributed by atoms with Crippen molar-refractivity contribution in [2.24, 2.45) is 0 Å². The molecule has 0 aliphatic carbocycles. The van der Waals surface area contributed by atoms with Crippen LogP contribution in [0.3, 0.4) is 0 Å². The summed E-state index contributed by atoms with van der Waals surface area (Å²) in [4.78, 5) is 0. The first-order chi connectivity index (χ1) is 12.6. The Labute approximate surface area is 150 Å². The van der Waals surface area contributed by atoms with Gasteiger partial charge in [0.2, 0.25) is 0 Å². The third kappa shape index (κ3) is 3.66. The molecule has 6 heteroatoms.